The summed E-state index contributed by atoms with van der Waals surface area (Å²) in [4.78, 5) is 10.9. The fourth-order valence-corrected chi connectivity index (χ4v) is 1.38. The van der Waals surface area contributed by atoms with Crippen molar-refractivity contribution in [2.75, 3.05) is 0 Å². The second-order valence-corrected chi connectivity index (χ2v) is 3.33. The van der Waals surface area contributed by atoms with Crippen LogP contribution in [-0.4, -0.2) is 10.4 Å². The number of Topliss-reactive ketones (excluding diaryl/α,β-unsaturated/α-hetero) is 1. The highest BCUT2D eigenvalue weighted by molar-refractivity contribution is 5.78. The Morgan fingerprint density at radius 2 is 2.08 bits per heavy atom. The van der Waals surface area contributed by atoms with Crippen molar-refractivity contribution in [3.8, 4) is 0 Å². The molecule has 1 aromatic rings. The lowest BCUT2D eigenvalue weighted by Gasteiger charge is -2.00. The summed E-state index contributed by atoms with van der Waals surface area (Å²) in [5, 5.41) is 0. The van der Waals surface area contributed by atoms with E-state index in [1.807, 2.05) is 14.0 Å². The maximum absolute atomic E-state index is 10.9. The first-order valence-corrected chi connectivity index (χ1v) is 4.13. The molecule has 0 spiro atoms. The smallest absolute Gasteiger partial charge is 0.134 e. The van der Waals surface area contributed by atoms with E-state index in [0.717, 1.165) is 5.56 Å². The first-order valence-electron chi connectivity index (χ1n) is 4.13. The zero-order valence-corrected chi connectivity index (χ0v) is 8.14. The second-order valence-electron chi connectivity index (χ2n) is 3.33. The summed E-state index contributed by atoms with van der Waals surface area (Å²) in [5.41, 5.74) is 3.56. The van der Waals surface area contributed by atoms with Crippen LogP contribution in [0, 0.1) is 13.8 Å². The lowest BCUT2D eigenvalue weighted by molar-refractivity contribution is -0.116. The molecule has 0 amide bonds. The third-order valence-electron chi connectivity index (χ3n) is 2.32. The molecule has 1 rings (SSSR count). The molecule has 0 fully saturated rings. The SMILES string of the molecule is CC(=O)Cc1cc(C)n(C)c1C. The van der Waals surface area contributed by atoms with E-state index >= 15 is 0 Å². The van der Waals surface area contributed by atoms with Gasteiger partial charge < -0.3 is 4.57 Å². The number of carbonyl (C=O) groups is 1. The van der Waals surface area contributed by atoms with Crippen LogP contribution in [0.1, 0.15) is 23.9 Å². The molecular weight excluding hydrogens is 150 g/mol. The van der Waals surface area contributed by atoms with Gasteiger partial charge in [-0.3, -0.25) is 4.79 Å². The lowest BCUT2D eigenvalue weighted by atomic mass is 10.1. The molecule has 0 aliphatic heterocycles. The van der Waals surface area contributed by atoms with Crippen molar-refractivity contribution in [3.63, 3.8) is 0 Å². The van der Waals surface area contributed by atoms with E-state index in [0.29, 0.717) is 6.42 Å². The van der Waals surface area contributed by atoms with Gasteiger partial charge in [0.1, 0.15) is 5.78 Å². The summed E-state index contributed by atoms with van der Waals surface area (Å²) in [7, 11) is 2.02. The standard InChI is InChI=1S/C10H15NO/c1-7-5-10(6-8(2)12)9(3)11(7)4/h5H,6H2,1-4H3. The second kappa shape index (κ2) is 3.13. The Kier molecular flexibility index (Phi) is 2.36. The van der Waals surface area contributed by atoms with E-state index in [2.05, 4.69) is 17.6 Å². The van der Waals surface area contributed by atoms with Gasteiger partial charge in [-0.25, -0.2) is 0 Å². The molecule has 0 aliphatic rings. The van der Waals surface area contributed by atoms with Gasteiger partial charge in [0.05, 0.1) is 0 Å². The zero-order chi connectivity index (χ0) is 9.30. The number of aryl methyl sites for hydroxylation is 1. The summed E-state index contributed by atoms with van der Waals surface area (Å²) >= 11 is 0. The van der Waals surface area contributed by atoms with Gasteiger partial charge >= 0.3 is 0 Å². The third kappa shape index (κ3) is 1.58. The Bertz CT molecular complexity index is 310. The Hall–Kier alpha value is -1.05. The molecule has 1 heterocycles. The van der Waals surface area contributed by atoms with Crippen LogP contribution in [0.5, 0.6) is 0 Å². The maximum Gasteiger partial charge on any atom is 0.134 e. The van der Waals surface area contributed by atoms with Gasteiger partial charge in [0.15, 0.2) is 0 Å². The Balaban J connectivity index is 3.01. The first-order chi connectivity index (χ1) is 5.52. The van der Waals surface area contributed by atoms with Gasteiger partial charge in [0, 0.05) is 24.9 Å². The molecule has 2 nitrogen and oxygen atoms in total. The molecule has 66 valence electrons. The van der Waals surface area contributed by atoms with E-state index in [-0.39, 0.29) is 5.78 Å². The highest BCUT2D eigenvalue weighted by atomic mass is 16.1. The van der Waals surface area contributed by atoms with Crippen LogP contribution in [0.25, 0.3) is 0 Å². The number of carbonyl (C=O) groups excluding carboxylic acids is 1. The molecule has 0 saturated carbocycles. The fourth-order valence-electron chi connectivity index (χ4n) is 1.38. The molecule has 0 aromatic carbocycles. The van der Waals surface area contributed by atoms with Gasteiger partial charge in [-0.1, -0.05) is 0 Å². The van der Waals surface area contributed by atoms with Crippen LogP contribution >= 0.6 is 0 Å². The highest BCUT2D eigenvalue weighted by Crippen LogP contribution is 2.13. The van der Waals surface area contributed by atoms with Gasteiger partial charge in [0.25, 0.3) is 0 Å². The molecule has 2 heteroatoms. The van der Waals surface area contributed by atoms with E-state index in [1.165, 1.54) is 11.4 Å². The Morgan fingerprint density at radius 1 is 1.50 bits per heavy atom. The molecule has 0 unspecified atom stereocenters. The Morgan fingerprint density at radius 3 is 2.42 bits per heavy atom. The molecule has 0 aliphatic carbocycles. The Labute approximate surface area is 73.2 Å². The summed E-state index contributed by atoms with van der Waals surface area (Å²) < 4.78 is 2.11. The summed E-state index contributed by atoms with van der Waals surface area (Å²) in [6.07, 6.45) is 0.563. The van der Waals surface area contributed by atoms with Crippen LogP contribution in [0.15, 0.2) is 6.07 Å². The molecule has 1 aromatic heterocycles. The van der Waals surface area contributed by atoms with Crippen molar-refractivity contribution in [3.05, 3.63) is 23.0 Å². The fraction of sp³-hybridized carbons (Fsp3) is 0.500. The minimum absolute atomic E-state index is 0.226. The number of ketones is 1. The largest absolute Gasteiger partial charge is 0.352 e. The normalized spacial score (nSPS) is 10.3. The van der Waals surface area contributed by atoms with Crippen molar-refractivity contribution in [1.82, 2.24) is 4.57 Å². The zero-order valence-electron chi connectivity index (χ0n) is 8.14. The average molecular weight is 165 g/mol. The van der Waals surface area contributed by atoms with Crippen molar-refractivity contribution in [2.45, 2.75) is 27.2 Å². The molecule has 0 atom stereocenters. The molecule has 0 saturated heterocycles. The molecule has 0 radical (unpaired) electrons. The summed E-state index contributed by atoms with van der Waals surface area (Å²) in [6.45, 7) is 5.73. The maximum atomic E-state index is 10.9. The van der Waals surface area contributed by atoms with Gasteiger partial charge in [-0.2, -0.15) is 0 Å². The van der Waals surface area contributed by atoms with Crippen LogP contribution in [0.3, 0.4) is 0 Å². The van der Waals surface area contributed by atoms with Crippen molar-refractivity contribution in [2.24, 2.45) is 7.05 Å². The minimum Gasteiger partial charge on any atom is -0.352 e. The third-order valence-corrected chi connectivity index (χ3v) is 2.32. The molecule has 0 bridgehead atoms. The van der Waals surface area contributed by atoms with Crippen LogP contribution < -0.4 is 0 Å². The lowest BCUT2D eigenvalue weighted by Crippen LogP contribution is -1.99. The predicted molar refractivity (Wildman–Crippen MR) is 49.3 cm³/mol. The summed E-state index contributed by atoms with van der Waals surface area (Å²) in [5.74, 6) is 0.226. The van der Waals surface area contributed by atoms with Gasteiger partial charge in [0.2, 0.25) is 0 Å². The van der Waals surface area contributed by atoms with E-state index < -0.39 is 0 Å². The van der Waals surface area contributed by atoms with Crippen LogP contribution in [0.4, 0.5) is 0 Å². The number of rotatable bonds is 2. The quantitative estimate of drug-likeness (QED) is 0.654. The number of hydrogen-bond acceptors (Lipinski definition) is 1. The van der Waals surface area contributed by atoms with E-state index in [4.69, 9.17) is 0 Å². The first kappa shape index (κ1) is 9.04. The van der Waals surface area contributed by atoms with Gasteiger partial charge in [-0.05, 0) is 32.4 Å². The number of aromatic nitrogens is 1. The topological polar surface area (TPSA) is 22.0 Å². The number of nitrogens with zero attached hydrogens (tertiary/aromatic N) is 1. The monoisotopic (exact) mass is 165 g/mol. The van der Waals surface area contributed by atoms with Crippen LogP contribution in [-0.2, 0) is 18.3 Å². The average Bonchev–Trinajstić information content (AvgIpc) is 2.17. The highest BCUT2D eigenvalue weighted by Gasteiger charge is 2.06. The van der Waals surface area contributed by atoms with Crippen molar-refractivity contribution < 1.29 is 4.79 Å². The van der Waals surface area contributed by atoms with Gasteiger partial charge in [-0.15, -0.1) is 0 Å². The van der Waals surface area contributed by atoms with Crippen LogP contribution in [0.2, 0.25) is 0 Å². The number of hydrogen-bond donors (Lipinski definition) is 0. The van der Waals surface area contributed by atoms with Crippen molar-refractivity contribution >= 4 is 5.78 Å². The molecule has 0 N–H and O–H groups in total. The minimum atomic E-state index is 0.226. The predicted octanol–water partition coefficient (Wildman–Crippen LogP) is 1.77. The summed E-state index contributed by atoms with van der Waals surface area (Å²) in [6, 6.07) is 2.08. The van der Waals surface area contributed by atoms with E-state index in [1.54, 1.807) is 6.92 Å². The van der Waals surface area contributed by atoms with E-state index in [9.17, 15) is 4.79 Å². The van der Waals surface area contributed by atoms with Crippen molar-refractivity contribution in [1.29, 1.82) is 0 Å². The molecule has 12 heavy (non-hydrogen) atoms. The molecular formula is C10H15NO.